The Kier molecular flexibility index (Phi) is 8.19. The minimum absolute atomic E-state index is 0.859. The molecule has 0 rings (SSSR count). The highest BCUT2D eigenvalue weighted by molar-refractivity contribution is 4.70. The van der Waals surface area contributed by atoms with Gasteiger partial charge in [0, 0.05) is 0 Å². The minimum atomic E-state index is 0.859. The van der Waals surface area contributed by atoms with Crippen LogP contribution in [0, 0.1) is 23.7 Å². The second-order valence-electron chi connectivity index (χ2n) is 5.79. The molecule has 0 aliphatic carbocycles. The molecule has 0 bridgehead atoms. The lowest BCUT2D eigenvalue weighted by atomic mass is 9.78. The number of hydrogen-bond acceptors (Lipinski definition) is 0. The molecule has 0 aromatic rings. The van der Waals surface area contributed by atoms with E-state index < -0.39 is 0 Å². The molecule has 0 aliphatic rings. The molecule has 0 heterocycles. The molecule has 0 nitrogen and oxygen atoms in total. The fourth-order valence-corrected chi connectivity index (χ4v) is 2.49. The van der Waals surface area contributed by atoms with E-state index in [0.717, 1.165) is 23.7 Å². The molecular formula is C15H32. The van der Waals surface area contributed by atoms with Gasteiger partial charge in [-0.15, -0.1) is 0 Å². The minimum Gasteiger partial charge on any atom is -0.0654 e. The van der Waals surface area contributed by atoms with E-state index in [4.69, 9.17) is 0 Å². The first-order valence-corrected chi connectivity index (χ1v) is 7.02. The van der Waals surface area contributed by atoms with E-state index in [9.17, 15) is 0 Å². The molecule has 15 heavy (non-hydrogen) atoms. The van der Waals surface area contributed by atoms with Crippen molar-refractivity contribution in [2.24, 2.45) is 23.7 Å². The summed E-state index contributed by atoms with van der Waals surface area (Å²) >= 11 is 0. The topological polar surface area (TPSA) is 0 Å². The zero-order valence-corrected chi connectivity index (χ0v) is 11.8. The molecule has 0 saturated carbocycles. The van der Waals surface area contributed by atoms with Gasteiger partial charge < -0.3 is 0 Å². The van der Waals surface area contributed by atoms with Gasteiger partial charge >= 0.3 is 0 Å². The largest absolute Gasteiger partial charge is 0.0654 e. The molecule has 0 N–H and O–H groups in total. The third-order valence-corrected chi connectivity index (χ3v) is 3.94. The first-order valence-electron chi connectivity index (χ1n) is 7.02. The smallest absolute Gasteiger partial charge is 0.0388 e. The van der Waals surface area contributed by atoms with E-state index in [0.29, 0.717) is 0 Å². The van der Waals surface area contributed by atoms with Gasteiger partial charge in [-0.05, 0) is 30.1 Å². The van der Waals surface area contributed by atoms with E-state index in [2.05, 4.69) is 41.5 Å². The Morgan fingerprint density at radius 2 is 1.33 bits per heavy atom. The first-order chi connectivity index (χ1) is 7.02. The average molecular weight is 212 g/mol. The van der Waals surface area contributed by atoms with Gasteiger partial charge in [-0.1, -0.05) is 67.2 Å². The molecule has 0 aromatic carbocycles. The Hall–Kier alpha value is 0. The summed E-state index contributed by atoms with van der Waals surface area (Å²) in [5.74, 6) is 3.62. The monoisotopic (exact) mass is 212 g/mol. The summed E-state index contributed by atoms with van der Waals surface area (Å²) in [4.78, 5) is 0. The van der Waals surface area contributed by atoms with E-state index in [1.165, 1.54) is 32.1 Å². The van der Waals surface area contributed by atoms with Crippen LogP contribution >= 0.6 is 0 Å². The molecule has 2 unspecified atom stereocenters. The lowest BCUT2D eigenvalue weighted by Crippen LogP contribution is -2.17. The van der Waals surface area contributed by atoms with Crippen molar-refractivity contribution < 1.29 is 0 Å². The van der Waals surface area contributed by atoms with Gasteiger partial charge in [0.2, 0.25) is 0 Å². The Morgan fingerprint density at radius 3 is 1.67 bits per heavy atom. The Balaban J connectivity index is 4.12. The molecule has 0 heteroatoms. The van der Waals surface area contributed by atoms with Crippen molar-refractivity contribution in [2.45, 2.75) is 73.6 Å². The summed E-state index contributed by atoms with van der Waals surface area (Å²) in [6.07, 6.45) is 7.01. The van der Waals surface area contributed by atoms with E-state index >= 15 is 0 Å². The Morgan fingerprint density at radius 1 is 0.800 bits per heavy atom. The Labute approximate surface area is 97.8 Å². The van der Waals surface area contributed by atoms with Crippen molar-refractivity contribution in [3.8, 4) is 0 Å². The normalized spacial score (nSPS) is 16.0. The highest BCUT2D eigenvalue weighted by Gasteiger charge is 2.19. The van der Waals surface area contributed by atoms with Crippen molar-refractivity contribution in [1.82, 2.24) is 0 Å². The first kappa shape index (κ1) is 15.0. The number of unbranched alkanes of at least 4 members (excludes halogenated alkanes) is 1. The third kappa shape index (κ3) is 6.22. The number of rotatable bonds is 8. The third-order valence-electron chi connectivity index (χ3n) is 3.94. The molecule has 92 valence electrons. The van der Waals surface area contributed by atoms with Crippen molar-refractivity contribution in [2.75, 3.05) is 0 Å². The second kappa shape index (κ2) is 8.19. The summed E-state index contributed by atoms with van der Waals surface area (Å²) in [7, 11) is 0. The lowest BCUT2D eigenvalue weighted by molar-refractivity contribution is 0.231. The highest BCUT2D eigenvalue weighted by atomic mass is 14.3. The predicted molar refractivity (Wildman–Crippen MR) is 71.1 cm³/mol. The Bertz CT molecular complexity index is 135. The molecule has 0 aliphatic heterocycles. The molecule has 0 saturated heterocycles. The van der Waals surface area contributed by atoms with Gasteiger partial charge in [-0.25, -0.2) is 0 Å². The van der Waals surface area contributed by atoms with Gasteiger partial charge in [0.05, 0.1) is 0 Å². The maximum atomic E-state index is 2.40. The van der Waals surface area contributed by atoms with Gasteiger partial charge in [-0.2, -0.15) is 0 Å². The van der Waals surface area contributed by atoms with Crippen molar-refractivity contribution in [3.63, 3.8) is 0 Å². The molecule has 0 aromatic heterocycles. The fourth-order valence-electron chi connectivity index (χ4n) is 2.49. The van der Waals surface area contributed by atoms with Crippen molar-refractivity contribution in [3.05, 3.63) is 0 Å². The van der Waals surface area contributed by atoms with Crippen LogP contribution in [0.25, 0.3) is 0 Å². The van der Waals surface area contributed by atoms with Crippen LogP contribution in [0.5, 0.6) is 0 Å². The average Bonchev–Trinajstić information content (AvgIpc) is 2.17. The molecule has 0 radical (unpaired) electrons. The van der Waals surface area contributed by atoms with E-state index in [1.54, 1.807) is 0 Å². The van der Waals surface area contributed by atoms with Crippen LogP contribution < -0.4 is 0 Å². The maximum Gasteiger partial charge on any atom is -0.0388 e. The second-order valence-corrected chi connectivity index (χ2v) is 5.79. The fraction of sp³-hybridized carbons (Fsp3) is 1.00. The summed E-state index contributed by atoms with van der Waals surface area (Å²) in [5.41, 5.74) is 0. The SMILES string of the molecule is CCCCC(CC(CC)C(C)C)C(C)C. The van der Waals surface area contributed by atoms with Crippen LogP contribution in [0.4, 0.5) is 0 Å². The molecule has 2 atom stereocenters. The van der Waals surface area contributed by atoms with Crippen LogP contribution in [0.1, 0.15) is 73.6 Å². The quantitative estimate of drug-likeness (QED) is 0.497. The standard InChI is InChI=1S/C15H32/c1-7-9-10-15(13(5)6)11-14(8-2)12(3)4/h12-15H,7-11H2,1-6H3. The summed E-state index contributed by atoms with van der Waals surface area (Å²) in [6, 6.07) is 0. The van der Waals surface area contributed by atoms with Crippen LogP contribution in [0.2, 0.25) is 0 Å². The summed E-state index contributed by atoms with van der Waals surface area (Å²) in [5, 5.41) is 0. The van der Waals surface area contributed by atoms with E-state index in [1.807, 2.05) is 0 Å². The van der Waals surface area contributed by atoms with Gasteiger partial charge in [0.1, 0.15) is 0 Å². The van der Waals surface area contributed by atoms with E-state index in [-0.39, 0.29) is 0 Å². The maximum absolute atomic E-state index is 2.40. The van der Waals surface area contributed by atoms with Crippen LogP contribution in [0.15, 0.2) is 0 Å². The summed E-state index contributed by atoms with van der Waals surface area (Å²) < 4.78 is 0. The van der Waals surface area contributed by atoms with Gasteiger partial charge in [0.25, 0.3) is 0 Å². The van der Waals surface area contributed by atoms with Crippen LogP contribution in [-0.2, 0) is 0 Å². The van der Waals surface area contributed by atoms with Gasteiger partial charge in [0.15, 0.2) is 0 Å². The van der Waals surface area contributed by atoms with Gasteiger partial charge in [-0.3, -0.25) is 0 Å². The van der Waals surface area contributed by atoms with Crippen molar-refractivity contribution in [1.29, 1.82) is 0 Å². The summed E-state index contributed by atoms with van der Waals surface area (Å²) in [6.45, 7) is 14.2. The molecule has 0 fully saturated rings. The van der Waals surface area contributed by atoms with Crippen LogP contribution in [-0.4, -0.2) is 0 Å². The van der Waals surface area contributed by atoms with Crippen molar-refractivity contribution >= 4 is 0 Å². The molecule has 0 spiro atoms. The van der Waals surface area contributed by atoms with Crippen LogP contribution in [0.3, 0.4) is 0 Å². The predicted octanol–water partition coefficient (Wildman–Crippen LogP) is 5.52. The number of hydrogen-bond donors (Lipinski definition) is 0. The zero-order chi connectivity index (χ0) is 11.8. The molecule has 0 amide bonds. The molecular weight excluding hydrogens is 180 g/mol. The highest BCUT2D eigenvalue weighted by Crippen LogP contribution is 2.30. The lowest BCUT2D eigenvalue weighted by Gasteiger charge is -2.28. The zero-order valence-electron chi connectivity index (χ0n) is 11.8.